The summed E-state index contributed by atoms with van der Waals surface area (Å²) in [6.07, 6.45) is 1.24. The van der Waals surface area contributed by atoms with Crippen molar-refractivity contribution in [2.45, 2.75) is 65.8 Å². The third-order valence-electron chi connectivity index (χ3n) is 6.90. The second-order valence-electron chi connectivity index (χ2n) is 9.33. The van der Waals surface area contributed by atoms with Crippen LogP contribution in [0.2, 0.25) is 0 Å². The number of aromatic hydroxyl groups is 3. The van der Waals surface area contributed by atoms with Crippen LogP contribution in [0.3, 0.4) is 0 Å². The van der Waals surface area contributed by atoms with Gasteiger partial charge in [-0.2, -0.15) is 0 Å². The molecule has 6 N–H and O–H groups in total. The van der Waals surface area contributed by atoms with E-state index in [1.165, 1.54) is 0 Å². The Labute approximate surface area is 200 Å². The fourth-order valence-electron chi connectivity index (χ4n) is 4.63. The molecule has 0 spiro atoms. The molecule has 0 fully saturated rings. The number of phenols is 3. The van der Waals surface area contributed by atoms with Crippen LogP contribution in [0.1, 0.15) is 63.4 Å². The molecule has 0 aliphatic heterocycles. The number of hydrogen-bond donors (Lipinski definition) is 6. The van der Waals surface area contributed by atoms with E-state index in [-0.39, 0.29) is 37.1 Å². The third kappa shape index (κ3) is 4.75. The highest BCUT2D eigenvalue weighted by Crippen LogP contribution is 2.42. The highest BCUT2D eigenvalue weighted by molar-refractivity contribution is 5.52. The summed E-state index contributed by atoms with van der Waals surface area (Å²) < 4.78 is 0. The maximum atomic E-state index is 10.4. The second kappa shape index (κ2) is 10.1. The van der Waals surface area contributed by atoms with Crippen molar-refractivity contribution in [3.63, 3.8) is 0 Å². The molecule has 0 heterocycles. The first-order chi connectivity index (χ1) is 16.0. The average Bonchev–Trinajstić information content (AvgIpc) is 2.82. The molecular weight excluding hydrogens is 432 g/mol. The van der Waals surface area contributed by atoms with Crippen molar-refractivity contribution in [3.05, 3.63) is 86.5 Å². The number of benzene rings is 3. The summed E-state index contributed by atoms with van der Waals surface area (Å²) in [5.74, 6) is 0.221. The van der Waals surface area contributed by atoms with Crippen LogP contribution in [-0.2, 0) is 31.7 Å². The molecule has 0 atom stereocenters. The molecule has 0 aliphatic carbocycles. The minimum absolute atomic E-state index is 0.0632. The predicted molar refractivity (Wildman–Crippen MR) is 131 cm³/mol. The lowest BCUT2D eigenvalue weighted by atomic mass is 9.71. The SMILES string of the molecule is Cc1cc(CCC(C)(c2cc(C)c(O)c(CO)c2)c2cc(C)c(O)c(CO)c2)cc(CO)c1O. The van der Waals surface area contributed by atoms with Gasteiger partial charge >= 0.3 is 0 Å². The highest BCUT2D eigenvalue weighted by atomic mass is 16.3. The molecule has 6 heteroatoms. The molecule has 0 bridgehead atoms. The predicted octanol–water partition coefficient (Wildman–Crippen LogP) is 4.14. The molecule has 0 aromatic heterocycles. The van der Waals surface area contributed by atoms with Gasteiger partial charge in [0.1, 0.15) is 17.2 Å². The smallest absolute Gasteiger partial charge is 0.124 e. The Morgan fingerprint density at radius 1 is 0.588 bits per heavy atom. The fourth-order valence-corrected chi connectivity index (χ4v) is 4.63. The summed E-state index contributed by atoms with van der Waals surface area (Å²) in [7, 11) is 0. The Bertz CT molecular complexity index is 1140. The fraction of sp³-hybridized carbons (Fsp3) is 0.357. The minimum Gasteiger partial charge on any atom is -0.507 e. The van der Waals surface area contributed by atoms with Crippen molar-refractivity contribution in [2.75, 3.05) is 0 Å². The molecule has 0 aliphatic rings. The first-order valence-electron chi connectivity index (χ1n) is 11.4. The molecule has 0 amide bonds. The van der Waals surface area contributed by atoms with E-state index in [1.807, 2.05) is 18.2 Å². The molecule has 34 heavy (non-hydrogen) atoms. The second-order valence-corrected chi connectivity index (χ2v) is 9.33. The molecule has 3 aromatic carbocycles. The Morgan fingerprint density at radius 2 is 0.971 bits per heavy atom. The van der Waals surface area contributed by atoms with E-state index < -0.39 is 5.41 Å². The van der Waals surface area contributed by atoms with E-state index in [9.17, 15) is 30.6 Å². The van der Waals surface area contributed by atoms with Crippen LogP contribution in [0.15, 0.2) is 36.4 Å². The maximum Gasteiger partial charge on any atom is 0.124 e. The molecule has 0 unspecified atom stereocenters. The molecular formula is C28H34O6. The van der Waals surface area contributed by atoms with Gasteiger partial charge in [-0.15, -0.1) is 0 Å². The molecule has 0 saturated carbocycles. The van der Waals surface area contributed by atoms with Crippen LogP contribution >= 0.6 is 0 Å². The van der Waals surface area contributed by atoms with E-state index in [0.717, 1.165) is 16.7 Å². The summed E-state index contributed by atoms with van der Waals surface area (Å²) in [6.45, 7) is 6.57. The van der Waals surface area contributed by atoms with Crippen molar-refractivity contribution in [2.24, 2.45) is 0 Å². The van der Waals surface area contributed by atoms with Crippen molar-refractivity contribution < 1.29 is 30.6 Å². The zero-order valence-electron chi connectivity index (χ0n) is 20.2. The lowest BCUT2D eigenvalue weighted by Gasteiger charge is -2.33. The van der Waals surface area contributed by atoms with Gasteiger partial charge in [0.2, 0.25) is 0 Å². The Balaban J connectivity index is 2.17. The van der Waals surface area contributed by atoms with E-state index in [2.05, 4.69) is 6.92 Å². The molecule has 6 nitrogen and oxygen atoms in total. The Kier molecular flexibility index (Phi) is 7.56. The topological polar surface area (TPSA) is 121 Å². The summed E-state index contributed by atoms with van der Waals surface area (Å²) in [5, 5.41) is 60.2. The standard InChI is InChI=1S/C28H34O6/c1-16-7-19(10-20(13-29)25(16)32)5-6-28(4,23-8-17(2)26(33)21(11-23)14-30)24-9-18(3)27(34)22(12-24)15-31/h7-12,29-34H,5-6,13-15H2,1-4H3. The van der Waals surface area contributed by atoms with Crippen LogP contribution in [0.5, 0.6) is 17.2 Å². The summed E-state index contributed by atoms with van der Waals surface area (Å²) >= 11 is 0. The number of aliphatic hydroxyl groups excluding tert-OH is 3. The van der Waals surface area contributed by atoms with E-state index >= 15 is 0 Å². The van der Waals surface area contributed by atoms with E-state index in [0.29, 0.717) is 46.2 Å². The summed E-state index contributed by atoms with van der Waals surface area (Å²) in [4.78, 5) is 0. The van der Waals surface area contributed by atoms with Crippen LogP contribution in [-0.4, -0.2) is 30.6 Å². The van der Waals surface area contributed by atoms with Gasteiger partial charge in [0.05, 0.1) is 19.8 Å². The lowest BCUT2D eigenvalue weighted by molar-refractivity contribution is 0.274. The largest absolute Gasteiger partial charge is 0.507 e. The number of rotatable bonds is 8. The quantitative estimate of drug-likeness (QED) is 0.297. The first kappa shape index (κ1) is 25.6. The van der Waals surface area contributed by atoms with Gasteiger partial charge < -0.3 is 30.6 Å². The lowest BCUT2D eigenvalue weighted by Crippen LogP contribution is -2.26. The van der Waals surface area contributed by atoms with E-state index in [4.69, 9.17) is 0 Å². The van der Waals surface area contributed by atoms with Crippen LogP contribution in [0.4, 0.5) is 0 Å². The van der Waals surface area contributed by atoms with Gasteiger partial charge in [-0.25, -0.2) is 0 Å². The van der Waals surface area contributed by atoms with E-state index in [1.54, 1.807) is 39.0 Å². The Hall–Kier alpha value is -3.06. The summed E-state index contributed by atoms with van der Waals surface area (Å²) in [5.41, 5.74) is 5.46. The van der Waals surface area contributed by atoms with Gasteiger partial charge in [0.25, 0.3) is 0 Å². The average molecular weight is 467 g/mol. The molecule has 0 radical (unpaired) electrons. The molecule has 0 saturated heterocycles. The van der Waals surface area contributed by atoms with Crippen LogP contribution in [0.25, 0.3) is 0 Å². The maximum absolute atomic E-state index is 10.4. The normalized spacial score (nSPS) is 11.7. The van der Waals surface area contributed by atoms with Crippen molar-refractivity contribution in [1.82, 2.24) is 0 Å². The van der Waals surface area contributed by atoms with Crippen molar-refractivity contribution in [1.29, 1.82) is 0 Å². The summed E-state index contributed by atoms with van der Waals surface area (Å²) in [6, 6.07) is 11.1. The van der Waals surface area contributed by atoms with Crippen molar-refractivity contribution in [3.8, 4) is 17.2 Å². The first-order valence-corrected chi connectivity index (χ1v) is 11.4. The zero-order chi connectivity index (χ0) is 25.2. The van der Waals surface area contributed by atoms with Crippen LogP contribution < -0.4 is 0 Å². The van der Waals surface area contributed by atoms with Gasteiger partial charge in [0.15, 0.2) is 0 Å². The van der Waals surface area contributed by atoms with Crippen LogP contribution in [0, 0.1) is 20.8 Å². The molecule has 3 aromatic rings. The van der Waals surface area contributed by atoms with Gasteiger partial charge in [-0.05, 0) is 85.2 Å². The monoisotopic (exact) mass is 466 g/mol. The van der Waals surface area contributed by atoms with Crippen molar-refractivity contribution >= 4 is 0 Å². The number of aryl methyl sites for hydroxylation is 4. The molecule has 182 valence electrons. The van der Waals surface area contributed by atoms with Gasteiger partial charge in [-0.3, -0.25) is 0 Å². The molecule has 3 rings (SSSR count). The zero-order valence-corrected chi connectivity index (χ0v) is 20.2. The van der Waals surface area contributed by atoms with Gasteiger partial charge in [0, 0.05) is 22.1 Å². The third-order valence-corrected chi connectivity index (χ3v) is 6.90. The Morgan fingerprint density at radius 3 is 1.38 bits per heavy atom. The number of hydrogen-bond acceptors (Lipinski definition) is 6. The number of aliphatic hydroxyl groups is 3. The van der Waals surface area contributed by atoms with Gasteiger partial charge in [-0.1, -0.05) is 25.1 Å². The minimum atomic E-state index is -0.601. The highest BCUT2D eigenvalue weighted by Gasteiger charge is 2.31.